The van der Waals surface area contributed by atoms with E-state index in [-0.39, 0.29) is 5.78 Å². The largest absolute Gasteiger partial charge is 0.493 e. The van der Waals surface area contributed by atoms with E-state index >= 15 is 0 Å². The van der Waals surface area contributed by atoms with Gasteiger partial charge in [0.2, 0.25) is 5.75 Å². The summed E-state index contributed by atoms with van der Waals surface area (Å²) in [5.74, 6) is 1.72. The fraction of sp³-hybridized carbons (Fsp3) is 0.375. The first-order valence-electron chi connectivity index (χ1n) is 7.10. The van der Waals surface area contributed by atoms with Crippen molar-refractivity contribution in [1.29, 1.82) is 0 Å². The zero-order valence-electron chi connectivity index (χ0n) is 12.9. The van der Waals surface area contributed by atoms with Crippen molar-refractivity contribution in [3.8, 4) is 28.5 Å². The molecule has 1 aromatic heterocycles. The van der Waals surface area contributed by atoms with Gasteiger partial charge in [0.25, 0.3) is 0 Å². The molecule has 0 bridgehead atoms. The molecule has 0 aliphatic heterocycles. The molecule has 1 N–H and O–H groups in total. The van der Waals surface area contributed by atoms with E-state index in [0.717, 1.165) is 24.1 Å². The first kappa shape index (κ1) is 14.4. The van der Waals surface area contributed by atoms with Crippen molar-refractivity contribution in [3.63, 3.8) is 0 Å². The van der Waals surface area contributed by atoms with Crippen LogP contribution in [0.2, 0.25) is 0 Å². The standard InChI is InChI=1S/C16H18N2O4/c1-20-12-7-9(8-13(21-2)16(12)22-3)15-14-10(17-18-15)5-4-6-11(14)19/h7-8H,4-6H2,1-3H3,(H,17,18). The molecule has 0 amide bonds. The molecule has 0 fully saturated rings. The molecule has 3 rings (SSSR count). The second kappa shape index (κ2) is 5.71. The Morgan fingerprint density at radius 1 is 1.05 bits per heavy atom. The quantitative estimate of drug-likeness (QED) is 0.939. The Bertz CT molecular complexity index is 696. The maximum atomic E-state index is 12.2. The predicted molar refractivity (Wildman–Crippen MR) is 80.9 cm³/mol. The molecule has 0 saturated carbocycles. The van der Waals surface area contributed by atoms with E-state index in [2.05, 4.69) is 10.2 Å². The van der Waals surface area contributed by atoms with E-state index in [0.29, 0.717) is 34.9 Å². The maximum Gasteiger partial charge on any atom is 0.203 e. The number of hydrogen-bond acceptors (Lipinski definition) is 5. The zero-order valence-corrected chi connectivity index (χ0v) is 12.9. The number of aromatic amines is 1. The van der Waals surface area contributed by atoms with Crippen molar-refractivity contribution in [2.45, 2.75) is 19.3 Å². The third kappa shape index (κ3) is 2.20. The number of fused-ring (bicyclic) bond motifs is 1. The third-order valence-electron chi connectivity index (χ3n) is 3.89. The summed E-state index contributed by atoms with van der Waals surface area (Å²) >= 11 is 0. The van der Waals surface area contributed by atoms with Crippen molar-refractivity contribution in [1.82, 2.24) is 10.2 Å². The van der Waals surface area contributed by atoms with E-state index in [1.165, 1.54) is 0 Å². The maximum absolute atomic E-state index is 12.2. The molecule has 0 unspecified atom stereocenters. The average molecular weight is 302 g/mol. The van der Waals surface area contributed by atoms with E-state index in [1.54, 1.807) is 33.5 Å². The molecular formula is C16H18N2O4. The van der Waals surface area contributed by atoms with Crippen LogP contribution in [0.15, 0.2) is 12.1 Å². The number of nitrogens with one attached hydrogen (secondary N) is 1. The van der Waals surface area contributed by atoms with Gasteiger partial charge in [0.1, 0.15) is 5.69 Å². The van der Waals surface area contributed by atoms with Gasteiger partial charge in [0, 0.05) is 17.7 Å². The van der Waals surface area contributed by atoms with E-state index in [1.807, 2.05) is 0 Å². The van der Waals surface area contributed by atoms with Crippen LogP contribution in [-0.4, -0.2) is 37.3 Å². The highest BCUT2D eigenvalue weighted by molar-refractivity contribution is 6.03. The second-order valence-electron chi connectivity index (χ2n) is 5.12. The third-order valence-corrected chi connectivity index (χ3v) is 3.89. The molecule has 2 aromatic rings. The summed E-state index contributed by atoms with van der Waals surface area (Å²) in [5.41, 5.74) is 2.99. The first-order valence-corrected chi connectivity index (χ1v) is 7.10. The number of Topliss-reactive ketones (excluding diaryl/α,β-unsaturated/α-hetero) is 1. The molecule has 1 aliphatic carbocycles. The van der Waals surface area contributed by atoms with Crippen LogP contribution in [0.25, 0.3) is 11.3 Å². The number of ether oxygens (including phenoxy) is 3. The van der Waals surface area contributed by atoms with Gasteiger partial charge < -0.3 is 14.2 Å². The van der Waals surface area contributed by atoms with E-state index in [4.69, 9.17) is 14.2 Å². The predicted octanol–water partition coefficient (Wildman–Crippen LogP) is 2.62. The zero-order chi connectivity index (χ0) is 15.7. The smallest absolute Gasteiger partial charge is 0.203 e. The van der Waals surface area contributed by atoms with Crippen LogP contribution < -0.4 is 14.2 Å². The van der Waals surface area contributed by atoms with Crippen molar-refractivity contribution in [2.75, 3.05) is 21.3 Å². The molecule has 1 aliphatic rings. The molecule has 1 heterocycles. The Hall–Kier alpha value is -2.50. The lowest BCUT2D eigenvalue weighted by Crippen LogP contribution is -2.10. The number of aryl methyl sites for hydroxylation is 1. The number of benzene rings is 1. The number of carbonyl (C=O) groups is 1. The van der Waals surface area contributed by atoms with Gasteiger partial charge >= 0.3 is 0 Å². The van der Waals surface area contributed by atoms with Crippen LogP contribution >= 0.6 is 0 Å². The monoisotopic (exact) mass is 302 g/mol. The topological polar surface area (TPSA) is 73.4 Å². The number of hydrogen-bond donors (Lipinski definition) is 1. The lowest BCUT2D eigenvalue weighted by atomic mass is 9.92. The minimum absolute atomic E-state index is 0.124. The van der Waals surface area contributed by atoms with Crippen LogP contribution in [0.1, 0.15) is 28.9 Å². The summed E-state index contributed by atoms with van der Waals surface area (Å²) in [6.45, 7) is 0. The normalized spacial score (nSPS) is 13.7. The van der Waals surface area contributed by atoms with Gasteiger partial charge in [0.05, 0.1) is 26.9 Å². The van der Waals surface area contributed by atoms with Gasteiger partial charge in [-0.3, -0.25) is 9.89 Å². The Morgan fingerprint density at radius 2 is 1.73 bits per heavy atom. The highest BCUT2D eigenvalue weighted by atomic mass is 16.5. The Morgan fingerprint density at radius 3 is 2.32 bits per heavy atom. The summed E-state index contributed by atoms with van der Waals surface area (Å²) in [4.78, 5) is 12.2. The SMILES string of the molecule is COc1cc(-c2n[nH]c3c2C(=O)CCC3)cc(OC)c1OC. The van der Waals surface area contributed by atoms with Crippen LogP contribution in [0.5, 0.6) is 17.2 Å². The van der Waals surface area contributed by atoms with Crippen molar-refractivity contribution >= 4 is 5.78 Å². The number of nitrogens with zero attached hydrogens (tertiary/aromatic N) is 1. The number of carbonyl (C=O) groups excluding carboxylic acids is 1. The van der Waals surface area contributed by atoms with Gasteiger partial charge in [-0.15, -0.1) is 0 Å². The van der Waals surface area contributed by atoms with E-state index < -0.39 is 0 Å². The van der Waals surface area contributed by atoms with Crippen LogP contribution in [0, 0.1) is 0 Å². The number of H-pyrrole nitrogens is 1. The van der Waals surface area contributed by atoms with E-state index in [9.17, 15) is 4.79 Å². The molecule has 6 heteroatoms. The second-order valence-corrected chi connectivity index (χ2v) is 5.12. The number of aromatic nitrogens is 2. The Kier molecular flexibility index (Phi) is 3.75. The number of ketones is 1. The molecule has 0 radical (unpaired) electrons. The van der Waals surface area contributed by atoms with Crippen LogP contribution in [0.3, 0.4) is 0 Å². The molecular weight excluding hydrogens is 284 g/mol. The van der Waals surface area contributed by atoms with Gasteiger partial charge in [-0.2, -0.15) is 5.10 Å². The summed E-state index contributed by atoms with van der Waals surface area (Å²) in [6, 6.07) is 3.61. The number of methoxy groups -OCH3 is 3. The molecule has 0 spiro atoms. The molecule has 6 nitrogen and oxygen atoms in total. The van der Waals surface area contributed by atoms with Gasteiger partial charge in [-0.25, -0.2) is 0 Å². The molecule has 22 heavy (non-hydrogen) atoms. The van der Waals surface area contributed by atoms with Crippen molar-refractivity contribution < 1.29 is 19.0 Å². The summed E-state index contributed by atoms with van der Waals surface area (Å²) in [7, 11) is 4.68. The highest BCUT2D eigenvalue weighted by Crippen LogP contribution is 2.42. The highest BCUT2D eigenvalue weighted by Gasteiger charge is 2.26. The minimum atomic E-state index is 0.124. The first-order chi connectivity index (χ1) is 10.7. The minimum Gasteiger partial charge on any atom is -0.493 e. The van der Waals surface area contributed by atoms with Crippen molar-refractivity contribution in [3.05, 3.63) is 23.4 Å². The summed E-state index contributed by atoms with van der Waals surface area (Å²) < 4.78 is 16.0. The average Bonchev–Trinajstić information content (AvgIpc) is 2.98. The lowest BCUT2D eigenvalue weighted by Gasteiger charge is -2.14. The molecule has 0 saturated heterocycles. The summed E-state index contributed by atoms with van der Waals surface area (Å²) in [5, 5.41) is 7.30. The van der Waals surface area contributed by atoms with Crippen LogP contribution in [-0.2, 0) is 6.42 Å². The fourth-order valence-electron chi connectivity index (χ4n) is 2.84. The summed E-state index contributed by atoms with van der Waals surface area (Å²) in [6.07, 6.45) is 2.27. The lowest BCUT2D eigenvalue weighted by molar-refractivity contribution is 0.0973. The van der Waals surface area contributed by atoms with Gasteiger partial charge in [0.15, 0.2) is 17.3 Å². The van der Waals surface area contributed by atoms with Gasteiger partial charge in [-0.1, -0.05) is 0 Å². The van der Waals surface area contributed by atoms with Gasteiger partial charge in [-0.05, 0) is 25.0 Å². The molecule has 116 valence electrons. The molecule has 0 atom stereocenters. The Labute approximate surface area is 128 Å². The Balaban J connectivity index is 2.17. The number of rotatable bonds is 4. The molecule has 1 aromatic carbocycles. The fourth-order valence-corrected chi connectivity index (χ4v) is 2.84. The van der Waals surface area contributed by atoms with Crippen LogP contribution in [0.4, 0.5) is 0 Å². The van der Waals surface area contributed by atoms with Crippen molar-refractivity contribution in [2.24, 2.45) is 0 Å².